The number of aromatic nitrogens is 2. The fraction of sp³-hybridized carbons (Fsp3) is 0.100. The van der Waals surface area contributed by atoms with Crippen LogP contribution in [-0.4, -0.2) is 21.9 Å². The van der Waals surface area contributed by atoms with Crippen LogP contribution >= 0.6 is 46.3 Å². The molecule has 0 aliphatic heterocycles. The Morgan fingerprint density at radius 2 is 2.22 bits per heavy atom. The van der Waals surface area contributed by atoms with E-state index in [1.807, 2.05) is 0 Å². The molecule has 1 aromatic carbocycles. The molecule has 2 rings (SSSR count). The molecule has 4 nitrogen and oxygen atoms in total. The summed E-state index contributed by atoms with van der Waals surface area (Å²) in [6, 6.07) is 4.94. The third kappa shape index (κ3) is 3.84. The van der Waals surface area contributed by atoms with Crippen molar-refractivity contribution in [2.75, 3.05) is 11.1 Å². The lowest BCUT2D eigenvalue weighted by Crippen LogP contribution is -2.13. The van der Waals surface area contributed by atoms with Crippen molar-refractivity contribution >= 4 is 57.9 Å². The predicted molar refractivity (Wildman–Crippen MR) is 75.7 cm³/mol. The van der Waals surface area contributed by atoms with Crippen LogP contribution in [-0.2, 0) is 4.79 Å². The van der Waals surface area contributed by atoms with Crippen LogP contribution in [0.3, 0.4) is 0 Å². The summed E-state index contributed by atoms with van der Waals surface area (Å²) in [6.45, 7) is 0. The number of carbonyl (C=O) groups excluding carboxylic acids is 1. The number of carbonyl (C=O) groups is 1. The number of halogens is 2. The van der Waals surface area contributed by atoms with Gasteiger partial charge in [-0.1, -0.05) is 46.3 Å². The van der Waals surface area contributed by atoms with Crippen molar-refractivity contribution in [3.8, 4) is 0 Å². The Morgan fingerprint density at radius 3 is 2.89 bits per heavy atom. The molecular weight excluding hydrogens is 313 g/mol. The number of nitrogens with one attached hydrogen (secondary N) is 1. The smallest absolute Gasteiger partial charge is 0.234 e. The highest BCUT2D eigenvalue weighted by Crippen LogP contribution is 2.25. The molecule has 0 radical (unpaired) electrons. The minimum Gasteiger partial charge on any atom is -0.325 e. The Kier molecular flexibility index (Phi) is 4.82. The molecule has 2 aromatic rings. The zero-order valence-corrected chi connectivity index (χ0v) is 12.0. The predicted octanol–water partition coefficient (Wildman–Crippen LogP) is 3.58. The van der Waals surface area contributed by atoms with Crippen molar-refractivity contribution in [3.63, 3.8) is 0 Å². The van der Waals surface area contributed by atoms with Crippen LogP contribution in [0.5, 0.6) is 0 Å². The van der Waals surface area contributed by atoms with E-state index in [-0.39, 0.29) is 11.7 Å². The molecule has 8 heteroatoms. The van der Waals surface area contributed by atoms with E-state index in [9.17, 15) is 4.79 Å². The van der Waals surface area contributed by atoms with Crippen LogP contribution in [0, 0.1) is 0 Å². The second-order valence-corrected chi connectivity index (χ2v) is 6.04. The first-order chi connectivity index (χ1) is 8.65. The average molecular weight is 320 g/mol. The number of anilines is 1. The van der Waals surface area contributed by atoms with Crippen molar-refractivity contribution < 1.29 is 4.79 Å². The fourth-order valence-corrected chi connectivity index (χ4v) is 2.71. The minimum absolute atomic E-state index is 0.131. The molecule has 0 aliphatic carbocycles. The summed E-state index contributed by atoms with van der Waals surface area (Å²) in [6.07, 6.45) is 0. The van der Waals surface area contributed by atoms with Gasteiger partial charge >= 0.3 is 0 Å². The standard InChI is InChI=1S/C10H7Cl2N3OS2/c11-7-2-1-6(3-8(7)12)14-9(16)4-17-10-15-13-5-18-10/h1-3,5H,4H2,(H,14,16). The average Bonchev–Trinajstić information content (AvgIpc) is 2.84. The largest absolute Gasteiger partial charge is 0.325 e. The lowest BCUT2D eigenvalue weighted by Gasteiger charge is -2.05. The summed E-state index contributed by atoms with van der Waals surface area (Å²) < 4.78 is 0.763. The number of hydrogen-bond acceptors (Lipinski definition) is 5. The number of nitrogens with zero attached hydrogens (tertiary/aromatic N) is 2. The molecule has 0 aliphatic rings. The van der Waals surface area contributed by atoms with Gasteiger partial charge in [-0.2, -0.15) is 0 Å². The van der Waals surface area contributed by atoms with Crippen molar-refractivity contribution in [3.05, 3.63) is 33.8 Å². The van der Waals surface area contributed by atoms with E-state index < -0.39 is 0 Å². The number of thioether (sulfide) groups is 1. The molecular formula is C10H7Cl2N3OS2. The Balaban J connectivity index is 1.88. The summed E-state index contributed by atoms with van der Waals surface area (Å²) in [7, 11) is 0. The molecule has 1 N–H and O–H groups in total. The van der Waals surface area contributed by atoms with Crippen molar-refractivity contribution in [1.29, 1.82) is 0 Å². The van der Waals surface area contributed by atoms with Gasteiger partial charge < -0.3 is 5.32 Å². The summed E-state index contributed by atoms with van der Waals surface area (Å²) in [5.74, 6) is 0.142. The van der Waals surface area contributed by atoms with Gasteiger partial charge in [-0.15, -0.1) is 10.2 Å². The Labute approximate surface area is 122 Å². The van der Waals surface area contributed by atoms with Gasteiger partial charge in [0.25, 0.3) is 0 Å². The van der Waals surface area contributed by atoms with Gasteiger partial charge in [0.05, 0.1) is 15.8 Å². The monoisotopic (exact) mass is 319 g/mol. The zero-order valence-electron chi connectivity index (χ0n) is 8.89. The molecule has 1 aromatic heterocycles. The van der Waals surface area contributed by atoms with Crippen LogP contribution in [0.2, 0.25) is 10.0 Å². The van der Waals surface area contributed by atoms with Gasteiger partial charge in [0.1, 0.15) is 5.51 Å². The SMILES string of the molecule is O=C(CSc1nncs1)Nc1ccc(Cl)c(Cl)c1. The van der Waals surface area contributed by atoms with E-state index in [0.29, 0.717) is 15.7 Å². The second kappa shape index (κ2) is 6.38. The number of amides is 1. The van der Waals surface area contributed by atoms with E-state index in [2.05, 4.69) is 15.5 Å². The molecule has 0 fully saturated rings. The van der Waals surface area contributed by atoms with Gasteiger partial charge in [0.15, 0.2) is 4.34 Å². The van der Waals surface area contributed by atoms with E-state index >= 15 is 0 Å². The summed E-state index contributed by atoms with van der Waals surface area (Å²) in [4.78, 5) is 11.7. The first kappa shape index (κ1) is 13.6. The van der Waals surface area contributed by atoms with Crippen LogP contribution in [0.4, 0.5) is 5.69 Å². The third-order valence-corrected chi connectivity index (χ3v) is 4.47. The maximum atomic E-state index is 11.7. The molecule has 0 saturated carbocycles. The van der Waals surface area contributed by atoms with Crippen LogP contribution < -0.4 is 5.32 Å². The number of hydrogen-bond donors (Lipinski definition) is 1. The fourth-order valence-electron chi connectivity index (χ4n) is 1.12. The summed E-state index contributed by atoms with van der Waals surface area (Å²) >= 11 is 14.4. The highest BCUT2D eigenvalue weighted by atomic mass is 35.5. The van der Waals surface area contributed by atoms with Crippen LogP contribution in [0.15, 0.2) is 28.0 Å². The van der Waals surface area contributed by atoms with Gasteiger partial charge in [-0.3, -0.25) is 4.79 Å². The van der Waals surface area contributed by atoms with Crippen molar-refractivity contribution in [2.24, 2.45) is 0 Å². The molecule has 0 bridgehead atoms. The normalized spacial score (nSPS) is 10.3. The first-order valence-corrected chi connectivity index (χ1v) is 7.41. The minimum atomic E-state index is -0.131. The quantitative estimate of drug-likeness (QED) is 0.875. The highest BCUT2D eigenvalue weighted by molar-refractivity contribution is 8.01. The van der Waals surface area contributed by atoms with Crippen LogP contribution in [0.25, 0.3) is 0 Å². The number of benzene rings is 1. The van der Waals surface area contributed by atoms with E-state index in [4.69, 9.17) is 23.2 Å². The van der Waals surface area contributed by atoms with Gasteiger partial charge in [-0.05, 0) is 18.2 Å². The Hall–Kier alpha value is -0.820. The van der Waals surface area contributed by atoms with E-state index in [1.165, 1.54) is 23.1 Å². The topological polar surface area (TPSA) is 54.9 Å². The molecule has 0 spiro atoms. The molecule has 1 heterocycles. The van der Waals surface area contributed by atoms with Gasteiger partial charge in [-0.25, -0.2) is 0 Å². The molecule has 94 valence electrons. The maximum Gasteiger partial charge on any atom is 0.234 e. The summed E-state index contributed by atoms with van der Waals surface area (Å²) in [5, 5.41) is 11.1. The molecule has 0 unspecified atom stereocenters. The second-order valence-electron chi connectivity index (χ2n) is 3.17. The number of rotatable bonds is 4. The lowest BCUT2D eigenvalue weighted by molar-refractivity contribution is -0.113. The highest BCUT2D eigenvalue weighted by Gasteiger charge is 2.06. The summed E-state index contributed by atoms with van der Waals surface area (Å²) in [5.41, 5.74) is 2.24. The van der Waals surface area contributed by atoms with Crippen molar-refractivity contribution in [2.45, 2.75) is 4.34 Å². The lowest BCUT2D eigenvalue weighted by atomic mass is 10.3. The Morgan fingerprint density at radius 1 is 1.39 bits per heavy atom. The van der Waals surface area contributed by atoms with Gasteiger partial charge in [0.2, 0.25) is 5.91 Å². The molecule has 18 heavy (non-hydrogen) atoms. The van der Waals surface area contributed by atoms with Crippen molar-refractivity contribution in [1.82, 2.24) is 10.2 Å². The zero-order chi connectivity index (χ0) is 13.0. The van der Waals surface area contributed by atoms with Crippen LogP contribution in [0.1, 0.15) is 0 Å². The molecule has 1 amide bonds. The van der Waals surface area contributed by atoms with E-state index in [1.54, 1.807) is 23.7 Å². The van der Waals surface area contributed by atoms with Gasteiger partial charge in [0, 0.05) is 5.69 Å². The Bertz CT molecular complexity index is 548. The maximum absolute atomic E-state index is 11.7. The van der Waals surface area contributed by atoms with E-state index in [0.717, 1.165) is 4.34 Å². The molecule has 0 atom stereocenters. The molecule has 0 saturated heterocycles. The first-order valence-electron chi connectivity index (χ1n) is 4.79. The third-order valence-electron chi connectivity index (χ3n) is 1.87.